The van der Waals surface area contributed by atoms with Crippen LogP contribution in [0, 0.1) is 5.82 Å². The third-order valence-electron chi connectivity index (χ3n) is 4.03. The van der Waals surface area contributed by atoms with E-state index in [0.717, 1.165) is 16.6 Å². The summed E-state index contributed by atoms with van der Waals surface area (Å²) in [5, 5.41) is 0.866. The minimum atomic E-state index is -0.416. The third-order valence-corrected chi connectivity index (χ3v) is 4.72. The molecule has 0 saturated carbocycles. The van der Waals surface area contributed by atoms with Crippen molar-refractivity contribution in [1.29, 1.82) is 0 Å². The number of imidazole rings is 1. The quantitative estimate of drug-likeness (QED) is 0.444. The molecule has 1 heterocycles. The lowest BCUT2D eigenvalue weighted by atomic mass is 10.2. The van der Waals surface area contributed by atoms with Gasteiger partial charge >= 0.3 is 0 Å². The lowest BCUT2D eigenvalue weighted by Crippen LogP contribution is -2.14. The number of fused-ring (bicyclic) bond motifs is 1. The van der Waals surface area contributed by atoms with Crippen LogP contribution in [0.5, 0.6) is 0 Å². The van der Waals surface area contributed by atoms with Crippen LogP contribution in [0.3, 0.4) is 0 Å². The van der Waals surface area contributed by atoms with Crippen molar-refractivity contribution in [1.82, 2.24) is 9.71 Å². The molecule has 0 aliphatic rings. The zero-order valence-electron chi connectivity index (χ0n) is 13.5. The van der Waals surface area contributed by atoms with Crippen molar-refractivity contribution < 1.29 is 9.23 Å². The molecule has 0 aliphatic carbocycles. The molecule has 0 saturated heterocycles. The number of nitrogens with zero attached hydrogens (tertiary/aromatic N) is 2. The summed E-state index contributed by atoms with van der Waals surface area (Å²) in [6.45, 7) is -0.0384. The van der Waals surface area contributed by atoms with Gasteiger partial charge in [-0.25, -0.2) is 9.37 Å². The summed E-state index contributed by atoms with van der Waals surface area (Å²) in [5.41, 5.74) is 2.53. The molecule has 0 amide bonds. The van der Waals surface area contributed by atoms with Crippen LogP contribution in [0.2, 0.25) is 10.0 Å². The predicted octanol–water partition coefficient (Wildman–Crippen LogP) is 5.78. The van der Waals surface area contributed by atoms with E-state index < -0.39 is 5.82 Å². The molecule has 3 aromatic carbocycles. The van der Waals surface area contributed by atoms with Crippen molar-refractivity contribution in [3.05, 3.63) is 88.2 Å². The van der Waals surface area contributed by atoms with Crippen LogP contribution in [0.15, 0.2) is 66.7 Å². The lowest BCUT2D eigenvalue weighted by Gasteiger charge is -2.13. The molecule has 0 spiro atoms. The Hall–Kier alpha value is -2.56. The normalized spacial score (nSPS) is 11.0. The van der Waals surface area contributed by atoms with Gasteiger partial charge in [0.1, 0.15) is 17.9 Å². The van der Waals surface area contributed by atoms with Crippen LogP contribution >= 0.6 is 23.2 Å². The number of halogens is 3. The van der Waals surface area contributed by atoms with E-state index in [-0.39, 0.29) is 12.2 Å². The minimum Gasteiger partial charge on any atom is -0.407 e. The second kappa shape index (κ2) is 6.98. The molecular weight excluding hydrogens is 374 g/mol. The number of para-hydroxylation sites is 2. The highest BCUT2D eigenvalue weighted by Crippen LogP contribution is 2.30. The van der Waals surface area contributed by atoms with Gasteiger partial charge in [-0.15, -0.1) is 0 Å². The first-order valence-corrected chi connectivity index (χ1v) is 8.69. The van der Waals surface area contributed by atoms with Crippen LogP contribution in [-0.2, 0) is 6.61 Å². The third kappa shape index (κ3) is 3.02. The molecule has 0 aliphatic heterocycles. The summed E-state index contributed by atoms with van der Waals surface area (Å²) in [7, 11) is 0. The van der Waals surface area contributed by atoms with E-state index in [4.69, 9.17) is 28.0 Å². The fourth-order valence-electron chi connectivity index (χ4n) is 2.75. The van der Waals surface area contributed by atoms with Gasteiger partial charge in [0.05, 0.1) is 15.6 Å². The van der Waals surface area contributed by atoms with Crippen molar-refractivity contribution >= 4 is 34.2 Å². The van der Waals surface area contributed by atoms with E-state index in [1.54, 1.807) is 22.9 Å². The maximum Gasteiger partial charge on any atom is 0.178 e. The zero-order valence-corrected chi connectivity index (χ0v) is 15.0. The maximum atomic E-state index is 14.1. The second-order valence-corrected chi connectivity index (χ2v) is 6.49. The second-order valence-electron chi connectivity index (χ2n) is 5.67. The first kappa shape index (κ1) is 16.9. The lowest BCUT2D eigenvalue weighted by molar-refractivity contribution is 0.108. The Balaban J connectivity index is 1.81. The average molecular weight is 387 g/mol. The first-order valence-electron chi connectivity index (χ1n) is 7.93. The molecular formula is C20H13Cl2FN2O. The van der Waals surface area contributed by atoms with Gasteiger partial charge in [0, 0.05) is 11.1 Å². The maximum absolute atomic E-state index is 14.1. The molecule has 1 aromatic heterocycles. The van der Waals surface area contributed by atoms with Crippen LogP contribution in [0.1, 0.15) is 5.56 Å². The Labute approximate surface area is 159 Å². The van der Waals surface area contributed by atoms with E-state index >= 15 is 0 Å². The monoisotopic (exact) mass is 386 g/mol. The average Bonchev–Trinajstić information content (AvgIpc) is 3.00. The molecule has 3 nitrogen and oxygen atoms in total. The smallest absolute Gasteiger partial charge is 0.178 e. The van der Waals surface area contributed by atoms with Crippen molar-refractivity contribution in [3.8, 4) is 11.4 Å². The SMILES string of the molecule is Fc1cccc(Cl)c1COn1c(-c2ccccc2Cl)nc2ccccc21. The summed E-state index contributed by atoms with van der Waals surface area (Å²) in [4.78, 5) is 10.5. The number of hydrogen-bond acceptors (Lipinski definition) is 2. The summed E-state index contributed by atoms with van der Waals surface area (Å²) in [6, 6.07) is 19.4. The van der Waals surface area contributed by atoms with Gasteiger partial charge in [0.2, 0.25) is 0 Å². The molecule has 0 N–H and O–H groups in total. The number of hydrogen-bond donors (Lipinski definition) is 0. The standard InChI is InChI=1S/C20H13Cl2FN2O/c21-15-7-2-1-6-13(15)20-24-18-10-3-4-11-19(18)25(20)26-12-14-16(22)8-5-9-17(14)23/h1-11H,12H2. The molecule has 4 aromatic rings. The highest BCUT2D eigenvalue weighted by molar-refractivity contribution is 6.33. The summed E-state index contributed by atoms with van der Waals surface area (Å²) in [6.07, 6.45) is 0. The summed E-state index contributed by atoms with van der Waals surface area (Å²) >= 11 is 12.4. The van der Waals surface area contributed by atoms with Crippen molar-refractivity contribution in [3.63, 3.8) is 0 Å². The van der Waals surface area contributed by atoms with Crippen molar-refractivity contribution in [2.24, 2.45) is 0 Å². The van der Waals surface area contributed by atoms with Crippen LogP contribution < -0.4 is 4.84 Å². The first-order chi connectivity index (χ1) is 12.6. The fraction of sp³-hybridized carbons (Fsp3) is 0.0500. The van der Waals surface area contributed by atoms with Gasteiger partial charge in [0.25, 0.3) is 0 Å². The molecule has 0 bridgehead atoms. The molecule has 0 fully saturated rings. The zero-order chi connectivity index (χ0) is 18.1. The van der Waals surface area contributed by atoms with Gasteiger partial charge in [-0.3, -0.25) is 0 Å². The minimum absolute atomic E-state index is 0.0384. The number of benzene rings is 3. The highest BCUT2D eigenvalue weighted by atomic mass is 35.5. The highest BCUT2D eigenvalue weighted by Gasteiger charge is 2.17. The van der Waals surface area contributed by atoms with Gasteiger partial charge in [0.15, 0.2) is 5.82 Å². The summed E-state index contributed by atoms with van der Waals surface area (Å²) < 4.78 is 15.6. The van der Waals surface area contributed by atoms with Crippen molar-refractivity contribution in [2.45, 2.75) is 6.61 Å². The topological polar surface area (TPSA) is 27.1 Å². The molecule has 26 heavy (non-hydrogen) atoms. The Morgan fingerprint density at radius 2 is 1.62 bits per heavy atom. The Morgan fingerprint density at radius 1 is 0.885 bits per heavy atom. The largest absolute Gasteiger partial charge is 0.407 e. The van der Waals surface area contributed by atoms with E-state index in [0.29, 0.717) is 15.9 Å². The summed E-state index contributed by atoms with van der Waals surface area (Å²) in [5.74, 6) is 0.130. The van der Waals surface area contributed by atoms with Crippen LogP contribution in [0.25, 0.3) is 22.4 Å². The molecule has 0 atom stereocenters. The molecule has 130 valence electrons. The predicted molar refractivity (Wildman–Crippen MR) is 102 cm³/mol. The van der Waals surface area contributed by atoms with Crippen LogP contribution in [-0.4, -0.2) is 9.71 Å². The Morgan fingerprint density at radius 3 is 2.42 bits per heavy atom. The Bertz CT molecular complexity index is 1070. The van der Waals surface area contributed by atoms with Gasteiger partial charge < -0.3 is 4.84 Å². The van der Waals surface area contributed by atoms with Gasteiger partial charge in [-0.2, -0.15) is 4.73 Å². The van der Waals surface area contributed by atoms with E-state index in [9.17, 15) is 4.39 Å². The molecule has 0 radical (unpaired) electrons. The van der Waals surface area contributed by atoms with Gasteiger partial charge in [-0.05, 0) is 36.4 Å². The van der Waals surface area contributed by atoms with Crippen LogP contribution in [0.4, 0.5) is 4.39 Å². The van der Waals surface area contributed by atoms with E-state index in [1.807, 2.05) is 42.5 Å². The number of aromatic nitrogens is 2. The molecule has 0 unspecified atom stereocenters. The van der Waals surface area contributed by atoms with Gasteiger partial charge in [-0.1, -0.05) is 53.5 Å². The molecule has 6 heteroatoms. The molecule has 4 rings (SSSR count). The Kier molecular flexibility index (Phi) is 4.53. The fourth-order valence-corrected chi connectivity index (χ4v) is 3.18. The van der Waals surface area contributed by atoms with Crippen molar-refractivity contribution in [2.75, 3.05) is 0 Å². The number of rotatable bonds is 4. The van der Waals surface area contributed by atoms with E-state index in [2.05, 4.69) is 4.98 Å². The van der Waals surface area contributed by atoms with E-state index in [1.165, 1.54) is 6.07 Å².